The number of amides is 2. The summed E-state index contributed by atoms with van der Waals surface area (Å²) in [4.78, 5) is 28.1. The van der Waals surface area contributed by atoms with E-state index in [0.29, 0.717) is 26.2 Å². The number of carbonyl (C=O) groups excluding carboxylic acids is 2. The minimum Gasteiger partial charge on any atom is -0.353 e. The van der Waals surface area contributed by atoms with E-state index in [0.717, 1.165) is 33.4 Å². The van der Waals surface area contributed by atoms with Crippen molar-refractivity contribution >= 4 is 53.7 Å². The third-order valence-corrected chi connectivity index (χ3v) is 7.34. The van der Waals surface area contributed by atoms with Crippen LogP contribution in [-0.2, 0) is 22.7 Å². The zero-order valence-electron chi connectivity index (χ0n) is 22.8. The third-order valence-electron chi connectivity index (χ3n) is 6.45. The van der Waals surface area contributed by atoms with Crippen LogP contribution in [0.15, 0.2) is 42.5 Å². The predicted octanol–water partition coefficient (Wildman–Crippen LogP) is 3.59. The summed E-state index contributed by atoms with van der Waals surface area (Å²) in [5.41, 5.74) is 5.25. The van der Waals surface area contributed by atoms with Crippen LogP contribution < -0.4 is 15.5 Å². The Balaban J connectivity index is 0.00000267. The second-order valence-electron chi connectivity index (χ2n) is 9.20. The lowest BCUT2D eigenvalue weighted by Gasteiger charge is -2.32. The molecule has 2 amide bonds. The van der Waals surface area contributed by atoms with E-state index in [9.17, 15) is 9.59 Å². The second-order valence-corrected chi connectivity index (χ2v) is 10.4. The Morgan fingerprint density at radius 3 is 2.28 bits per heavy atom. The summed E-state index contributed by atoms with van der Waals surface area (Å²) in [6.45, 7) is 9.60. The summed E-state index contributed by atoms with van der Waals surface area (Å²) >= 11 is 1.54. The molecule has 0 atom stereocenters. The van der Waals surface area contributed by atoms with E-state index in [1.807, 2.05) is 61.0 Å². The molecule has 1 aliphatic heterocycles. The molecule has 12 heteroatoms. The van der Waals surface area contributed by atoms with Gasteiger partial charge in [-0.1, -0.05) is 42.5 Å². The van der Waals surface area contributed by atoms with E-state index in [-0.39, 0.29) is 49.7 Å². The molecule has 2 aromatic carbocycles. The average molecular weight is 595 g/mol. The van der Waals surface area contributed by atoms with Crippen LogP contribution in [0.25, 0.3) is 10.6 Å². The first-order chi connectivity index (χ1) is 17.9. The Morgan fingerprint density at radius 1 is 1.00 bits per heavy atom. The van der Waals surface area contributed by atoms with Crippen molar-refractivity contribution in [1.82, 2.24) is 30.8 Å². The van der Waals surface area contributed by atoms with E-state index >= 15 is 0 Å². The number of hydrogen-bond acceptors (Lipinski definition) is 8. The number of nitrogens with one attached hydrogen (secondary N) is 2. The van der Waals surface area contributed by atoms with Crippen molar-refractivity contribution in [2.45, 2.75) is 33.9 Å². The van der Waals surface area contributed by atoms with Gasteiger partial charge in [-0.15, -0.1) is 35.0 Å². The number of carbonyl (C=O) groups is 2. The van der Waals surface area contributed by atoms with Crippen molar-refractivity contribution in [3.63, 3.8) is 0 Å². The molecule has 0 fully saturated rings. The molecule has 0 saturated heterocycles. The molecule has 3 aromatic rings. The first kappa shape index (κ1) is 32.5. The fourth-order valence-corrected chi connectivity index (χ4v) is 5.12. The number of nitrogens with zero attached hydrogens (tertiary/aromatic N) is 5. The Bertz CT molecular complexity index is 1230. The van der Waals surface area contributed by atoms with Crippen molar-refractivity contribution < 1.29 is 9.59 Å². The van der Waals surface area contributed by atoms with Gasteiger partial charge in [0.05, 0.1) is 13.1 Å². The van der Waals surface area contributed by atoms with Crippen molar-refractivity contribution in [3.8, 4) is 10.6 Å². The minimum atomic E-state index is -0.120. The van der Waals surface area contributed by atoms with E-state index in [1.165, 1.54) is 22.5 Å². The highest BCUT2D eigenvalue weighted by Crippen LogP contribution is 2.29. The quantitative estimate of drug-likeness (QED) is 0.328. The molecule has 2 N–H and O–H groups in total. The molecule has 2 heterocycles. The maximum Gasteiger partial charge on any atom is 0.256 e. The van der Waals surface area contributed by atoms with Gasteiger partial charge in [-0.05, 0) is 55.3 Å². The number of anilines is 1. The van der Waals surface area contributed by atoms with E-state index in [1.54, 1.807) is 12.1 Å². The first-order valence-corrected chi connectivity index (χ1v) is 13.4. The number of fused-ring (bicyclic) bond motifs is 1. The van der Waals surface area contributed by atoms with E-state index < -0.39 is 0 Å². The molecule has 0 spiro atoms. The molecular weight excluding hydrogens is 557 g/mol. The van der Waals surface area contributed by atoms with Crippen LogP contribution in [-0.4, -0.2) is 71.8 Å². The molecule has 0 bridgehead atoms. The molecule has 212 valence electrons. The van der Waals surface area contributed by atoms with Crippen molar-refractivity contribution in [2.24, 2.45) is 0 Å². The number of hydrogen-bond donors (Lipinski definition) is 2. The molecular formula is C27H37Cl2N7O2S. The summed E-state index contributed by atoms with van der Waals surface area (Å²) in [6, 6.07) is 14.2. The summed E-state index contributed by atoms with van der Waals surface area (Å²) in [7, 11) is 1.80. The van der Waals surface area contributed by atoms with Gasteiger partial charge in [0.1, 0.15) is 10.0 Å². The van der Waals surface area contributed by atoms with Gasteiger partial charge < -0.3 is 15.5 Å². The van der Waals surface area contributed by atoms with Gasteiger partial charge in [0.15, 0.2) is 0 Å². The van der Waals surface area contributed by atoms with E-state index in [4.69, 9.17) is 0 Å². The molecule has 0 radical (unpaired) electrons. The lowest BCUT2D eigenvalue weighted by atomic mass is 10.1. The maximum absolute atomic E-state index is 13.4. The summed E-state index contributed by atoms with van der Waals surface area (Å²) in [6.07, 6.45) is 0. The number of hydrazine groups is 1. The standard InChI is InChI=1S/C27H35N7O2S.2ClH/c1-5-28-12-13-29-25(35)17-33(24-11-10-21(14-19(24)2)27-31-30-20(3)37-27)18-26(36)32(4)34-15-22-8-6-7-9-23(22)16-34;;/h6-11,14,28H,5,12-13,15-18H2,1-4H3,(H,29,35);2*1H. The topological polar surface area (TPSA) is 93.7 Å². The Kier molecular flexibility index (Phi) is 12.6. The Morgan fingerprint density at radius 2 is 1.69 bits per heavy atom. The molecule has 0 saturated carbocycles. The summed E-state index contributed by atoms with van der Waals surface area (Å²) < 4.78 is 0. The number of rotatable bonds is 11. The highest BCUT2D eigenvalue weighted by atomic mass is 35.5. The van der Waals surface area contributed by atoms with Crippen LogP contribution in [0.2, 0.25) is 0 Å². The first-order valence-electron chi connectivity index (χ1n) is 12.6. The summed E-state index contributed by atoms with van der Waals surface area (Å²) in [5.74, 6) is -0.193. The predicted molar refractivity (Wildman–Crippen MR) is 162 cm³/mol. The molecule has 0 aliphatic carbocycles. The minimum absolute atomic E-state index is 0. The highest BCUT2D eigenvalue weighted by molar-refractivity contribution is 7.14. The maximum atomic E-state index is 13.4. The molecule has 4 rings (SSSR count). The van der Waals surface area contributed by atoms with Gasteiger partial charge in [0.25, 0.3) is 5.91 Å². The van der Waals surface area contributed by atoms with Crippen molar-refractivity contribution in [2.75, 3.05) is 44.7 Å². The van der Waals surface area contributed by atoms with Gasteiger partial charge >= 0.3 is 0 Å². The monoisotopic (exact) mass is 593 g/mol. The average Bonchev–Trinajstić information content (AvgIpc) is 3.52. The lowest BCUT2D eigenvalue weighted by molar-refractivity contribution is -0.145. The van der Waals surface area contributed by atoms with Crippen molar-refractivity contribution in [3.05, 3.63) is 64.2 Å². The smallest absolute Gasteiger partial charge is 0.256 e. The zero-order chi connectivity index (χ0) is 26.4. The molecule has 1 aromatic heterocycles. The number of likely N-dealkylation sites (N-methyl/N-ethyl adjacent to an activating group) is 2. The van der Waals surface area contributed by atoms with Gasteiger partial charge in [-0.25, -0.2) is 5.01 Å². The van der Waals surface area contributed by atoms with Crippen LogP contribution in [0.5, 0.6) is 0 Å². The highest BCUT2D eigenvalue weighted by Gasteiger charge is 2.27. The number of aryl methyl sites for hydroxylation is 2. The van der Waals surface area contributed by atoms with E-state index in [2.05, 4.69) is 33.0 Å². The Labute approximate surface area is 246 Å². The van der Waals surface area contributed by atoms with Crippen LogP contribution >= 0.6 is 36.2 Å². The fraction of sp³-hybridized carbons (Fsp3) is 0.407. The number of aromatic nitrogens is 2. The van der Waals surface area contributed by atoms with Gasteiger partial charge in [0.2, 0.25) is 5.91 Å². The second kappa shape index (κ2) is 15.1. The van der Waals surface area contributed by atoms with Crippen LogP contribution in [0, 0.1) is 13.8 Å². The lowest BCUT2D eigenvalue weighted by Crippen LogP contribution is -2.48. The zero-order valence-corrected chi connectivity index (χ0v) is 25.2. The van der Waals surface area contributed by atoms with Gasteiger partial charge in [0, 0.05) is 44.5 Å². The number of benzene rings is 2. The van der Waals surface area contributed by atoms with Crippen LogP contribution in [0.4, 0.5) is 5.69 Å². The molecule has 39 heavy (non-hydrogen) atoms. The fourth-order valence-electron chi connectivity index (χ4n) is 4.43. The van der Waals surface area contributed by atoms with Crippen molar-refractivity contribution in [1.29, 1.82) is 0 Å². The third kappa shape index (κ3) is 8.36. The Hall–Kier alpha value is -2.76. The molecule has 0 unspecified atom stereocenters. The normalized spacial score (nSPS) is 12.2. The molecule has 1 aliphatic rings. The summed E-state index contributed by atoms with van der Waals surface area (Å²) in [5, 5.41) is 20.0. The van der Waals surface area contributed by atoms with Gasteiger partial charge in [-0.2, -0.15) is 0 Å². The van der Waals surface area contributed by atoms with Gasteiger partial charge in [-0.3, -0.25) is 14.6 Å². The number of halogens is 2. The largest absolute Gasteiger partial charge is 0.353 e. The SMILES string of the molecule is CCNCCNC(=O)CN(CC(=O)N(C)N1Cc2ccccc2C1)c1ccc(-c2nnc(C)s2)cc1C.Cl.Cl. The molecule has 9 nitrogen and oxygen atoms in total. The van der Waals surface area contributed by atoms with Crippen LogP contribution in [0.1, 0.15) is 28.6 Å². The van der Waals surface area contributed by atoms with Crippen LogP contribution in [0.3, 0.4) is 0 Å².